The molecule has 7 heteroatoms. The van der Waals surface area contributed by atoms with Crippen molar-refractivity contribution in [2.24, 2.45) is 17.8 Å². The van der Waals surface area contributed by atoms with Crippen molar-refractivity contribution in [2.45, 2.75) is 32.1 Å². The molecule has 1 N–H and O–H groups in total. The van der Waals surface area contributed by atoms with E-state index in [1.54, 1.807) is 6.33 Å². The molecule has 1 aliphatic heterocycles. The third kappa shape index (κ3) is 3.61. The van der Waals surface area contributed by atoms with Gasteiger partial charge in [-0.3, -0.25) is 4.79 Å². The van der Waals surface area contributed by atoms with Gasteiger partial charge in [-0.15, -0.1) is 0 Å². The fourth-order valence-corrected chi connectivity index (χ4v) is 4.82. The van der Waals surface area contributed by atoms with Gasteiger partial charge in [-0.1, -0.05) is 6.42 Å². The molecule has 142 valence electrons. The van der Waals surface area contributed by atoms with E-state index in [0.717, 1.165) is 42.9 Å². The zero-order valence-corrected chi connectivity index (χ0v) is 15.8. The molecule has 0 radical (unpaired) electrons. The van der Waals surface area contributed by atoms with Crippen LogP contribution in [0.25, 0.3) is 11.0 Å². The molecule has 2 aromatic rings. The van der Waals surface area contributed by atoms with Gasteiger partial charge in [-0.2, -0.15) is 5.26 Å². The van der Waals surface area contributed by atoms with Crippen LogP contribution in [0.15, 0.2) is 18.6 Å². The lowest BCUT2D eigenvalue weighted by Crippen LogP contribution is -2.28. The summed E-state index contributed by atoms with van der Waals surface area (Å²) < 4.78 is 0. The Balaban J connectivity index is 1.32. The summed E-state index contributed by atoms with van der Waals surface area (Å²) in [6.45, 7) is 2.66. The van der Waals surface area contributed by atoms with Crippen LogP contribution in [0.5, 0.6) is 0 Å². The van der Waals surface area contributed by atoms with Crippen LogP contribution >= 0.6 is 0 Å². The van der Waals surface area contributed by atoms with E-state index in [1.165, 1.54) is 19.3 Å². The van der Waals surface area contributed by atoms with Crippen molar-refractivity contribution in [3.63, 3.8) is 0 Å². The second-order valence-corrected chi connectivity index (χ2v) is 7.98. The highest BCUT2D eigenvalue weighted by molar-refractivity contribution is 5.87. The molecular formula is C20H26N6O. The first-order chi connectivity index (χ1) is 13.2. The molecule has 1 amide bonds. The number of aromatic amines is 1. The minimum Gasteiger partial charge on any atom is -0.359 e. The number of likely N-dealkylation sites (tertiary alicyclic amines) is 1. The van der Waals surface area contributed by atoms with Crippen molar-refractivity contribution >= 4 is 22.8 Å². The van der Waals surface area contributed by atoms with Crippen molar-refractivity contribution < 1.29 is 4.79 Å². The zero-order valence-electron chi connectivity index (χ0n) is 15.8. The summed E-state index contributed by atoms with van der Waals surface area (Å²) in [7, 11) is 2.10. The summed E-state index contributed by atoms with van der Waals surface area (Å²) in [5, 5.41) is 9.81. The molecule has 0 bridgehead atoms. The van der Waals surface area contributed by atoms with Gasteiger partial charge < -0.3 is 14.8 Å². The van der Waals surface area contributed by atoms with Gasteiger partial charge in [0, 0.05) is 32.9 Å². The maximum atomic E-state index is 12.0. The average Bonchev–Trinajstić information content (AvgIpc) is 3.32. The molecule has 2 aliphatic rings. The standard InChI is InChI=1S/C20H26N6O/c1-25(20-17-5-8-22-19(17)23-13-24-20)9-6-14-2-3-15-11-26(12-16(15)10-14)18(27)4-7-21/h5,8,13-16H,2-4,6,9-12H2,1H3,(H,22,23,24)/t14?,15-,16+/m0/s1. The quantitative estimate of drug-likeness (QED) is 0.878. The van der Waals surface area contributed by atoms with Gasteiger partial charge in [0.15, 0.2) is 0 Å². The van der Waals surface area contributed by atoms with Crippen LogP contribution in [-0.4, -0.2) is 52.4 Å². The lowest BCUT2D eigenvalue weighted by molar-refractivity contribution is -0.129. The van der Waals surface area contributed by atoms with Crippen molar-refractivity contribution in [3.8, 4) is 6.07 Å². The van der Waals surface area contributed by atoms with E-state index in [9.17, 15) is 4.79 Å². The molecule has 1 unspecified atom stereocenters. The number of nitrogens with one attached hydrogen (secondary N) is 1. The molecule has 2 fully saturated rings. The number of fused-ring (bicyclic) bond motifs is 2. The Bertz CT molecular complexity index is 856. The highest BCUT2D eigenvalue weighted by Gasteiger charge is 2.39. The zero-order chi connectivity index (χ0) is 18.8. The number of anilines is 1. The summed E-state index contributed by atoms with van der Waals surface area (Å²) in [5.74, 6) is 2.91. The number of rotatable bonds is 5. The number of hydrogen-bond donors (Lipinski definition) is 1. The summed E-state index contributed by atoms with van der Waals surface area (Å²) in [6.07, 6.45) is 8.29. The van der Waals surface area contributed by atoms with Crippen LogP contribution in [0.2, 0.25) is 0 Å². The third-order valence-corrected chi connectivity index (χ3v) is 6.31. The number of carbonyl (C=O) groups is 1. The molecule has 2 aromatic heterocycles. The van der Waals surface area contributed by atoms with Gasteiger partial charge in [-0.05, 0) is 43.1 Å². The Hall–Kier alpha value is -2.62. The van der Waals surface area contributed by atoms with Crippen LogP contribution in [0, 0.1) is 29.1 Å². The molecule has 4 rings (SSSR count). The van der Waals surface area contributed by atoms with E-state index in [4.69, 9.17) is 5.26 Å². The Morgan fingerprint density at radius 1 is 1.37 bits per heavy atom. The number of aromatic nitrogens is 3. The Kier molecular flexibility index (Phi) is 4.97. The van der Waals surface area contributed by atoms with Crippen LogP contribution < -0.4 is 4.90 Å². The number of amides is 1. The number of nitriles is 1. The van der Waals surface area contributed by atoms with E-state index in [0.29, 0.717) is 17.8 Å². The Morgan fingerprint density at radius 2 is 2.22 bits per heavy atom. The molecule has 0 aromatic carbocycles. The average molecular weight is 366 g/mol. The first-order valence-electron chi connectivity index (χ1n) is 9.79. The summed E-state index contributed by atoms with van der Waals surface area (Å²) >= 11 is 0. The molecular weight excluding hydrogens is 340 g/mol. The maximum absolute atomic E-state index is 12.0. The monoisotopic (exact) mass is 366 g/mol. The minimum atomic E-state index is 0.00228. The summed E-state index contributed by atoms with van der Waals surface area (Å²) in [6, 6.07) is 4.01. The van der Waals surface area contributed by atoms with Crippen LogP contribution in [0.1, 0.15) is 32.1 Å². The summed E-state index contributed by atoms with van der Waals surface area (Å²) in [5.41, 5.74) is 0.875. The lowest BCUT2D eigenvalue weighted by Gasteiger charge is -2.32. The van der Waals surface area contributed by atoms with Crippen molar-refractivity contribution in [2.75, 3.05) is 31.6 Å². The molecule has 3 heterocycles. The van der Waals surface area contributed by atoms with Crippen molar-refractivity contribution in [1.82, 2.24) is 19.9 Å². The van der Waals surface area contributed by atoms with Crippen LogP contribution in [-0.2, 0) is 4.79 Å². The molecule has 1 saturated heterocycles. The Morgan fingerprint density at radius 3 is 3.07 bits per heavy atom. The van der Waals surface area contributed by atoms with Gasteiger partial charge in [-0.25, -0.2) is 9.97 Å². The lowest BCUT2D eigenvalue weighted by atomic mass is 9.75. The van der Waals surface area contributed by atoms with Crippen molar-refractivity contribution in [3.05, 3.63) is 18.6 Å². The van der Waals surface area contributed by atoms with Gasteiger partial charge in [0.05, 0.1) is 11.5 Å². The normalized spacial score (nSPS) is 24.6. The Labute approximate surface area is 159 Å². The highest BCUT2D eigenvalue weighted by atomic mass is 16.2. The van der Waals surface area contributed by atoms with Gasteiger partial charge in [0.25, 0.3) is 0 Å². The molecule has 0 spiro atoms. The second-order valence-electron chi connectivity index (χ2n) is 7.98. The van der Waals surface area contributed by atoms with Crippen LogP contribution in [0.4, 0.5) is 5.82 Å². The third-order valence-electron chi connectivity index (χ3n) is 6.31. The van der Waals surface area contributed by atoms with Gasteiger partial charge in [0.2, 0.25) is 5.91 Å². The number of carbonyl (C=O) groups excluding carboxylic acids is 1. The minimum absolute atomic E-state index is 0.00228. The fourth-order valence-electron chi connectivity index (χ4n) is 4.82. The van der Waals surface area contributed by atoms with E-state index in [2.05, 4.69) is 26.9 Å². The molecule has 7 nitrogen and oxygen atoms in total. The molecule has 3 atom stereocenters. The van der Waals surface area contributed by atoms with E-state index >= 15 is 0 Å². The number of nitrogens with zero attached hydrogens (tertiary/aromatic N) is 5. The maximum Gasteiger partial charge on any atom is 0.236 e. The van der Waals surface area contributed by atoms with E-state index < -0.39 is 0 Å². The predicted octanol–water partition coefficient (Wildman–Crippen LogP) is 2.57. The van der Waals surface area contributed by atoms with Gasteiger partial charge in [0.1, 0.15) is 24.2 Å². The highest BCUT2D eigenvalue weighted by Crippen LogP contribution is 2.40. The second kappa shape index (κ2) is 7.55. The smallest absolute Gasteiger partial charge is 0.236 e. The SMILES string of the molecule is CN(CCC1CC[C@H]2CN(C(=O)CC#N)C[C@H]2C1)c1ncnc2[nH]ccc12. The van der Waals surface area contributed by atoms with Crippen LogP contribution in [0.3, 0.4) is 0 Å². The molecule has 27 heavy (non-hydrogen) atoms. The number of hydrogen-bond acceptors (Lipinski definition) is 5. The molecule has 1 saturated carbocycles. The first-order valence-corrected chi connectivity index (χ1v) is 9.79. The van der Waals surface area contributed by atoms with E-state index in [1.807, 2.05) is 23.2 Å². The van der Waals surface area contributed by atoms with Gasteiger partial charge >= 0.3 is 0 Å². The van der Waals surface area contributed by atoms with E-state index in [-0.39, 0.29) is 12.3 Å². The predicted molar refractivity (Wildman–Crippen MR) is 103 cm³/mol. The topological polar surface area (TPSA) is 88.9 Å². The molecule has 1 aliphatic carbocycles. The number of H-pyrrole nitrogens is 1. The van der Waals surface area contributed by atoms with Crippen molar-refractivity contribution in [1.29, 1.82) is 5.26 Å². The first kappa shape index (κ1) is 17.8. The fraction of sp³-hybridized carbons (Fsp3) is 0.600. The largest absolute Gasteiger partial charge is 0.359 e. The summed E-state index contributed by atoms with van der Waals surface area (Å²) in [4.78, 5) is 28.0.